The number of carbonyl (C=O) groups excluding carboxylic acids is 1. The fourth-order valence-corrected chi connectivity index (χ4v) is 3.91. The Kier molecular flexibility index (Phi) is 5.60. The van der Waals surface area contributed by atoms with Crippen LogP contribution >= 0.6 is 0 Å². The van der Waals surface area contributed by atoms with Crippen molar-refractivity contribution >= 4 is 21.5 Å². The molecule has 2 aromatic carbocycles. The molecular formula is C20H21NO6S. The lowest BCUT2D eigenvalue weighted by molar-refractivity contribution is -0.135. The second-order valence-electron chi connectivity index (χ2n) is 6.44. The summed E-state index contributed by atoms with van der Waals surface area (Å²) in [4.78, 5) is 11.7. The van der Waals surface area contributed by atoms with Crippen molar-refractivity contribution in [3.8, 4) is 11.5 Å². The zero-order chi connectivity index (χ0) is 20.3. The van der Waals surface area contributed by atoms with Crippen LogP contribution in [-0.4, -0.2) is 28.3 Å². The molecule has 0 aromatic heterocycles. The third kappa shape index (κ3) is 3.96. The topological polar surface area (TPSA) is 90.9 Å². The molecule has 0 aliphatic carbocycles. The maximum atomic E-state index is 13.0. The highest BCUT2D eigenvalue weighted by molar-refractivity contribution is 7.96. The Morgan fingerprint density at radius 3 is 2.43 bits per heavy atom. The molecule has 28 heavy (non-hydrogen) atoms. The molecule has 1 N–H and O–H groups in total. The molecule has 2 aromatic rings. The van der Waals surface area contributed by atoms with E-state index >= 15 is 0 Å². The van der Waals surface area contributed by atoms with Crippen molar-refractivity contribution in [3.05, 3.63) is 59.1 Å². The van der Waals surface area contributed by atoms with Gasteiger partial charge in [-0.05, 0) is 35.7 Å². The third-order valence-corrected chi connectivity index (χ3v) is 6.03. The molecule has 3 rings (SSSR count). The number of hydrogen-bond acceptors (Lipinski definition) is 7. The predicted octanol–water partition coefficient (Wildman–Crippen LogP) is 3.44. The average molecular weight is 403 g/mol. The Hall–Kier alpha value is -3.00. The number of sulfone groups is 1. The van der Waals surface area contributed by atoms with E-state index in [-0.39, 0.29) is 17.6 Å². The van der Waals surface area contributed by atoms with Gasteiger partial charge in [0.1, 0.15) is 0 Å². The van der Waals surface area contributed by atoms with Crippen LogP contribution in [0.1, 0.15) is 25.3 Å². The molecule has 0 atom stereocenters. The molecule has 1 aliphatic heterocycles. The second kappa shape index (κ2) is 7.93. The van der Waals surface area contributed by atoms with Crippen molar-refractivity contribution in [1.82, 2.24) is 0 Å². The summed E-state index contributed by atoms with van der Waals surface area (Å²) in [5.74, 6) is 0.437. The lowest BCUT2D eigenvalue weighted by Gasteiger charge is -2.11. The molecule has 0 bridgehead atoms. The first-order chi connectivity index (χ1) is 13.3. The van der Waals surface area contributed by atoms with E-state index in [1.165, 1.54) is 12.1 Å². The molecule has 0 saturated carbocycles. The standard InChI is InChI=1S/C20H21NO6S/c1-13(2)14-4-7-16(8-5-14)28(23,24)19(20(22)25-3)11-21-15-6-9-17-18(10-15)27-12-26-17/h4-11,13,21H,12H2,1-3H3. The van der Waals surface area contributed by atoms with Gasteiger partial charge in [0, 0.05) is 18.0 Å². The monoisotopic (exact) mass is 403 g/mol. The van der Waals surface area contributed by atoms with E-state index < -0.39 is 20.7 Å². The Bertz CT molecular complexity index is 1010. The van der Waals surface area contributed by atoms with Crippen molar-refractivity contribution in [2.75, 3.05) is 19.2 Å². The van der Waals surface area contributed by atoms with Gasteiger partial charge in [0.25, 0.3) is 0 Å². The molecule has 0 unspecified atom stereocenters. The highest BCUT2D eigenvalue weighted by atomic mass is 32.2. The fourth-order valence-electron chi connectivity index (χ4n) is 2.64. The summed E-state index contributed by atoms with van der Waals surface area (Å²) < 4.78 is 41.1. The molecule has 8 heteroatoms. The number of methoxy groups -OCH3 is 1. The van der Waals surface area contributed by atoms with Crippen LogP contribution in [0.3, 0.4) is 0 Å². The van der Waals surface area contributed by atoms with Crippen molar-refractivity contribution in [1.29, 1.82) is 0 Å². The van der Waals surface area contributed by atoms with Crippen LogP contribution < -0.4 is 14.8 Å². The first-order valence-corrected chi connectivity index (χ1v) is 10.1. The molecule has 0 spiro atoms. The van der Waals surface area contributed by atoms with Gasteiger partial charge in [0.15, 0.2) is 16.4 Å². The summed E-state index contributed by atoms with van der Waals surface area (Å²) in [7, 11) is -2.94. The zero-order valence-corrected chi connectivity index (χ0v) is 16.6. The Balaban J connectivity index is 1.92. The molecule has 0 radical (unpaired) electrons. The molecule has 0 saturated heterocycles. The maximum Gasteiger partial charge on any atom is 0.351 e. The van der Waals surface area contributed by atoms with Gasteiger partial charge in [-0.3, -0.25) is 0 Å². The van der Waals surface area contributed by atoms with E-state index in [9.17, 15) is 13.2 Å². The van der Waals surface area contributed by atoms with Crippen LogP contribution in [0.5, 0.6) is 11.5 Å². The number of nitrogens with one attached hydrogen (secondary N) is 1. The van der Waals surface area contributed by atoms with E-state index in [1.54, 1.807) is 30.3 Å². The molecule has 1 aliphatic rings. The van der Waals surface area contributed by atoms with Crippen LogP contribution in [0.2, 0.25) is 0 Å². The SMILES string of the molecule is COC(=O)C(=CNc1ccc2c(c1)OCO2)S(=O)(=O)c1ccc(C(C)C)cc1. The maximum absolute atomic E-state index is 13.0. The van der Waals surface area contributed by atoms with E-state index in [0.717, 1.165) is 18.9 Å². The number of carbonyl (C=O) groups is 1. The molecule has 0 amide bonds. The second-order valence-corrected chi connectivity index (χ2v) is 8.36. The van der Waals surface area contributed by atoms with Crippen molar-refractivity contribution in [2.24, 2.45) is 0 Å². The number of esters is 1. The Morgan fingerprint density at radius 2 is 1.79 bits per heavy atom. The normalized spacial score (nSPS) is 13.5. The van der Waals surface area contributed by atoms with Gasteiger partial charge in [0.05, 0.1) is 12.0 Å². The number of benzene rings is 2. The van der Waals surface area contributed by atoms with E-state index in [4.69, 9.17) is 9.47 Å². The lowest BCUT2D eigenvalue weighted by atomic mass is 10.0. The van der Waals surface area contributed by atoms with Crippen LogP contribution in [-0.2, 0) is 19.4 Å². The highest BCUT2D eigenvalue weighted by Gasteiger charge is 2.28. The fraction of sp³-hybridized carbons (Fsp3) is 0.250. The molecule has 1 heterocycles. The summed E-state index contributed by atoms with van der Waals surface area (Å²) in [6, 6.07) is 11.5. The van der Waals surface area contributed by atoms with Crippen LogP contribution in [0.4, 0.5) is 5.69 Å². The van der Waals surface area contributed by atoms with Crippen molar-refractivity contribution < 1.29 is 27.4 Å². The number of hydrogen-bond donors (Lipinski definition) is 1. The quantitative estimate of drug-likeness (QED) is 0.583. The summed E-state index contributed by atoms with van der Waals surface area (Å²) in [6.45, 7) is 4.15. The van der Waals surface area contributed by atoms with Gasteiger partial charge < -0.3 is 19.5 Å². The Labute approximate surface area is 163 Å². The molecular weight excluding hydrogens is 382 g/mol. The van der Waals surface area contributed by atoms with E-state index in [1.807, 2.05) is 13.8 Å². The van der Waals surface area contributed by atoms with Crippen LogP contribution in [0, 0.1) is 0 Å². The highest BCUT2D eigenvalue weighted by Crippen LogP contribution is 2.34. The van der Waals surface area contributed by atoms with Gasteiger partial charge >= 0.3 is 5.97 Å². The predicted molar refractivity (Wildman–Crippen MR) is 104 cm³/mol. The number of rotatable bonds is 6. The van der Waals surface area contributed by atoms with Gasteiger partial charge in [0.2, 0.25) is 16.6 Å². The summed E-state index contributed by atoms with van der Waals surface area (Å²) in [6.07, 6.45) is 1.12. The summed E-state index contributed by atoms with van der Waals surface area (Å²) in [5.41, 5.74) is 1.54. The molecule has 148 valence electrons. The minimum absolute atomic E-state index is 0.0148. The zero-order valence-electron chi connectivity index (χ0n) is 15.8. The third-order valence-electron chi connectivity index (χ3n) is 4.28. The average Bonchev–Trinajstić information content (AvgIpc) is 3.15. The minimum atomic E-state index is -4.07. The summed E-state index contributed by atoms with van der Waals surface area (Å²) >= 11 is 0. The lowest BCUT2D eigenvalue weighted by Crippen LogP contribution is -2.17. The Morgan fingerprint density at radius 1 is 1.11 bits per heavy atom. The van der Waals surface area contributed by atoms with Crippen LogP contribution in [0.15, 0.2) is 58.5 Å². The number of anilines is 1. The molecule has 0 fully saturated rings. The van der Waals surface area contributed by atoms with Crippen molar-refractivity contribution in [2.45, 2.75) is 24.7 Å². The minimum Gasteiger partial charge on any atom is -0.465 e. The summed E-state index contributed by atoms with van der Waals surface area (Å²) in [5, 5.41) is 2.82. The van der Waals surface area contributed by atoms with Crippen molar-refractivity contribution in [3.63, 3.8) is 0 Å². The van der Waals surface area contributed by atoms with Crippen LogP contribution in [0.25, 0.3) is 0 Å². The van der Waals surface area contributed by atoms with Gasteiger partial charge in [-0.15, -0.1) is 0 Å². The van der Waals surface area contributed by atoms with Gasteiger partial charge in [-0.25, -0.2) is 13.2 Å². The molecule has 7 nitrogen and oxygen atoms in total. The largest absolute Gasteiger partial charge is 0.465 e. The van der Waals surface area contributed by atoms with Gasteiger partial charge in [-0.1, -0.05) is 26.0 Å². The van der Waals surface area contributed by atoms with E-state index in [0.29, 0.717) is 17.2 Å². The number of fused-ring (bicyclic) bond motifs is 1. The number of ether oxygens (including phenoxy) is 3. The smallest absolute Gasteiger partial charge is 0.351 e. The first kappa shape index (κ1) is 19.8. The van der Waals surface area contributed by atoms with E-state index in [2.05, 4.69) is 10.1 Å². The van der Waals surface area contributed by atoms with Gasteiger partial charge in [-0.2, -0.15) is 0 Å². The first-order valence-electron chi connectivity index (χ1n) is 8.62.